The summed E-state index contributed by atoms with van der Waals surface area (Å²) in [5.74, 6) is 0.948. The van der Waals surface area contributed by atoms with Gasteiger partial charge < -0.3 is 14.9 Å². The Labute approximate surface area is 135 Å². The third-order valence-corrected chi connectivity index (χ3v) is 4.13. The van der Waals surface area contributed by atoms with Crippen molar-refractivity contribution < 1.29 is 19.7 Å². The van der Waals surface area contributed by atoms with Crippen molar-refractivity contribution in [3.8, 4) is 23.0 Å². The molecule has 4 heteroatoms. The van der Waals surface area contributed by atoms with E-state index in [0.29, 0.717) is 30.8 Å². The lowest BCUT2D eigenvalue weighted by atomic mass is 10.0. The van der Waals surface area contributed by atoms with Crippen LogP contribution >= 0.6 is 0 Å². The Hall–Kier alpha value is -2.49. The summed E-state index contributed by atoms with van der Waals surface area (Å²) in [5, 5.41) is 20.0. The number of phenolic OH excluding ortho intramolecular Hbond substituents is 2. The van der Waals surface area contributed by atoms with Gasteiger partial charge in [-0.1, -0.05) is 12.1 Å². The highest BCUT2D eigenvalue weighted by molar-refractivity contribution is 5.78. The first-order valence-electron chi connectivity index (χ1n) is 7.95. The zero-order chi connectivity index (χ0) is 16.2. The molecular formula is C19H20O4. The number of carbonyl (C=O) groups excluding carboxylic acids is 1. The van der Waals surface area contributed by atoms with E-state index in [0.717, 1.165) is 30.4 Å². The van der Waals surface area contributed by atoms with Crippen LogP contribution < -0.4 is 4.74 Å². The molecule has 0 aromatic heterocycles. The second-order valence-corrected chi connectivity index (χ2v) is 5.95. The predicted octanol–water partition coefficient (Wildman–Crippen LogP) is 4.12. The third-order valence-electron chi connectivity index (χ3n) is 4.13. The van der Waals surface area contributed by atoms with Gasteiger partial charge in [-0.15, -0.1) is 0 Å². The Morgan fingerprint density at radius 3 is 1.96 bits per heavy atom. The SMILES string of the molecule is O=C1CCCCc2ccc(O)c(c2)Oc2cc(ccc2O)CC1. The molecule has 0 saturated carbocycles. The monoisotopic (exact) mass is 312 g/mol. The van der Waals surface area contributed by atoms with Crippen molar-refractivity contribution in [2.75, 3.05) is 0 Å². The highest BCUT2D eigenvalue weighted by atomic mass is 16.5. The highest BCUT2D eigenvalue weighted by Crippen LogP contribution is 2.37. The van der Waals surface area contributed by atoms with E-state index in [2.05, 4.69) is 0 Å². The van der Waals surface area contributed by atoms with Gasteiger partial charge >= 0.3 is 0 Å². The molecule has 0 spiro atoms. The van der Waals surface area contributed by atoms with Crippen LogP contribution in [0.4, 0.5) is 0 Å². The minimum absolute atomic E-state index is 0.0111. The number of phenols is 2. The molecule has 0 fully saturated rings. The molecule has 120 valence electrons. The van der Waals surface area contributed by atoms with Crippen molar-refractivity contribution in [2.45, 2.75) is 38.5 Å². The molecule has 0 atom stereocenters. The van der Waals surface area contributed by atoms with E-state index in [4.69, 9.17) is 4.74 Å². The zero-order valence-electron chi connectivity index (χ0n) is 12.9. The molecule has 1 aliphatic rings. The van der Waals surface area contributed by atoms with Crippen molar-refractivity contribution in [2.24, 2.45) is 0 Å². The molecule has 4 bridgehead atoms. The second kappa shape index (κ2) is 6.73. The Morgan fingerprint density at radius 2 is 1.30 bits per heavy atom. The molecule has 2 N–H and O–H groups in total. The van der Waals surface area contributed by atoms with Crippen LogP contribution in [0.2, 0.25) is 0 Å². The van der Waals surface area contributed by atoms with E-state index >= 15 is 0 Å². The fraction of sp³-hybridized carbons (Fsp3) is 0.316. The quantitative estimate of drug-likeness (QED) is 0.768. The summed E-state index contributed by atoms with van der Waals surface area (Å²) in [5.41, 5.74) is 1.97. The normalized spacial score (nSPS) is 15.6. The maximum Gasteiger partial charge on any atom is 0.169 e. The summed E-state index contributed by atoms with van der Waals surface area (Å²) in [7, 11) is 0. The number of benzene rings is 2. The van der Waals surface area contributed by atoms with Gasteiger partial charge in [-0.05, 0) is 61.1 Å². The van der Waals surface area contributed by atoms with Gasteiger partial charge in [-0.2, -0.15) is 0 Å². The van der Waals surface area contributed by atoms with Gasteiger partial charge in [0.2, 0.25) is 0 Å². The minimum Gasteiger partial charge on any atom is -0.504 e. The number of Topliss-reactive ketones (excluding diaryl/α,β-unsaturated/α-hetero) is 1. The summed E-state index contributed by atoms with van der Waals surface area (Å²) in [6.07, 6.45) is 4.35. The van der Waals surface area contributed by atoms with Crippen LogP contribution in [0.15, 0.2) is 36.4 Å². The molecule has 1 aliphatic heterocycles. The standard InChI is InChI=1S/C19H20O4/c20-15-4-2-1-3-13-6-9-16(21)18(11-13)23-19-12-14(5-8-15)7-10-17(19)22/h6-7,9-12,21-22H,1-5,8H2. The van der Waals surface area contributed by atoms with Gasteiger partial charge in [0.1, 0.15) is 5.78 Å². The number of fused-ring (bicyclic) bond motifs is 4. The molecule has 2 aromatic carbocycles. The molecule has 0 amide bonds. The summed E-state index contributed by atoms with van der Waals surface area (Å²) < 4.78 is 5.71. The first-order chi connectivity index (χ1) is 11.1. The molecule has 0 unspecified atom stereocenters. The van der Waals surface area contributed by atoms with Crippen LogP contribution in [-0.2, 0) is 17.6 Å². The van der Waals surface area contributed by atoms with E-state index in [9.17, 15) is 15.0 Å². The molecule has 3 rings (SSSR count). The first-order valence-corrected chi connectivity index (χ1v) is 7.95. The average molecular weight is 312 g/mol. The number of hydrogen-bond donors (Lipinski definition) is 2. The van der Waals surface area contributed by atoms with Crippen molar-refractivity contribution in [1.82, 2.24) is 0 Å². The minimum atomic E-state index is 0.0111. The number of carbonyl (C=O) groups is 1. The van der Waals surface area contributed by atoms with Crippen molar-refractivity contribution >= 4 is 5.78 Å². The Morgan fingerprint density at radius 1 is 0.739 bits per heavy atom. The van der Waals surface area contributed by atoms with Crippen LogP contribution in [0.25, 0.3) is 0 Å². The molecule has 0 saturated heterocycles. The number of ketones is 1. The van der Waals surface area contributed by atoms with Crippen LogP contribution in [-0.4, -0.2) is 16.0 Å². The fourth-order valence-corrected chi connectivity index (χ4v) is 2.77. The Balaban J connectivity index is 1.97. The smallest absolute Gasteiger partial charge is 0.169 e. The van der Waals surface area contributed by atoms with E-state index in [1.54, 1.807) is 30.3 Å². The lowest BCUT2D eigenvalue weighted by Gasteiger charge is -2.13. The van der Waals surface area contributed by atoms with Gasteiger partial charge in [0.25, 0.3) is 0 Å². The fourth-order valence-electron chi connectivity index (χ4n) is 2.77. The molecule has 2 aromatic rings. The Bertz CT molecular complexity index is 721. The lowest BCUT2D eigenvalue weighted by molar-refractivity contribution is -0.119. The largest absolute Gasteiger partial charge is 0.504 e. The maximum atomic E-state index is 11.9. The summed E-state index contributed by atoms with van der Waals surface area (Å²) in [6, 6.07) is 10.3. The van der Waals surface area contributed by atoms with Crippen LogP contribution in [0.3, 0.4) is 0 Å². The predicted molar refractivity (Wildman–Crippen MR) is 87.2 cm³/mol. The summed E-state index contributed by atoms with van der Waals surface area (Å²) in [4.78, 5) is 11.9. The molecule has 0 radical (unpaired) electrons. The molecule has 23 heavy (non-hydrogen) atoms. The van der Waals surface area contributed by atoms with Gasteiger partial charge in [-0.25, -0.2) is 0 Å². The van der Waals surface area contributed by atoms with E-state index < -0.39 is 0 Å². The lowest BCUT2D eigenvalue weighted by Crippen LogP contribution is -2.01. The van der Waals surface area contributed by atoms with Gasteiger partial charge in [-0.3, -0.25) is 4.79 Å². The summed E-state index contributed by atoms with van der Waals surface area (Å²) in [6.45, 7) is 0. The van der Waals surface area contributed by atoms with Crippen molar-refractivity contribution in [1.29, 1.82) is 0 Å². The molecule has 1 heterocycles. The number of rotatable bonds is 0. The average Bonchev–Trinajstić information content (AvgIpc) is 2.54. The Kier molecular flexibility index (Phi) is 4.51. The van der Waals surface area contributed by atoms with E-state index in [1.807, 2.05) is 6.07 Å². The number of ether oxygens (including phenoxy) is 1. The van der Waals surface area contributed by atoms with Crippen molar-refractivity contribution in [3.05, 3.63) is 47.5 Å². The zero-order valence-corrected chi connectivity index (χ0v) is 12.9. The highest BCUT2D eigenvalue weighted by Gasteiger charge is 2.12. The van der Waals surface area contributed by atoms with Crippen LogP contribution in [0, 0.1) is 0 Å². The van der Waals surface area contributed by atoms with Gasteiger partial charge in [0.15, 0.2) is 23.0 Å². The van der Waals surface area contributed by atoms with E-state index in [1.165, 1.54) is 0 Å². The van der Waals surface area contributed by atoms with Crippen LogP contribution in [0.5, 0.6) is 23.0 Å². The van der Waals surface area contributed by atoms with Gasteiger partial charge in [0, 0.05) is 12.8 Å². The second-order valence-electron chi connectivity index (χ2n) is 5.95. The molecule has 4 nitrogen and oxygen atoms in total. The molecule has 0 aliphatic carbocycles. The van der Waals surface area contributed by atoms with Gasteiger partial charge in [0.05, 0.1) is 0 Å². The van der Waals surface area contributed by atoms with Crippen LogP contribution in [0.1, 0.15) is 36.8 Å². The number of aryl methyl sites for hydroxylation is 2. The summed E-state index contributed by atoms with van der Waals surface area (Å²) >= 11 is 0. The number of aromatic hydroxyl groups is 2. The number of hydrogen-bond acceptors (Lipinski definition) is 4. The van der Waals surface area contributed by atoms with E-state index in [-0.39, 0.29) is 17.3 Å². The topological polar surface area (TPSA) is 66.8 Å². The van der Waals surface area contributed by atoms with Crippen molar-refractivity contribution in [3.63, 3.8) is 0 Å². The third kappa shape index (κ3) is 3.83. The molecular weight excluding hydrogens is 292 g/mol. The maximum absolute atomic E-state index is 11.9. The first kappa shape index (κ1) is 15.4.